The number of fused-ring (bicyclic) bond motifs is 1. The van der Waals surface area contributed by atoms with Gasteiger partial charge in [-0.15, -0.1) is 0 Å². The normalized spacial score (nSPS) is 12.4. The van der Waals surface area contributed by atoms with E-state index in [2.05, 4.69) is 23.8 Å². The molecule has 1 aliphatic rings. The number of hydrogen-bond acceptors (Lipinski definition) is 6. The van der Waals surface area contributed by atoms with Gasteiger partial charge in [-0.05, 0) is 35.7 Å². The Labute approximate surface area is 166 Å². The number of thioether (sulfide) groups is 1. The van der Waals surface area contributed by atoms with Gasteiger partial charge in [0.2, 0.25) is 12.7 Å². The van der Waals surface area contributed by atoms with Crippen molar-refractivity contribution in [3.8, 4) is 23.1 Å². The van der Waals surface area contributed by atoms with Crippen molar-refractivity contribution in [1.29, 1.82) is 0 Å². The SMILES string of the molecule is CC(C)c1cc(Oc2ccc3c(c2)OCO3)nc(SCc2ccc(F)cc2)n1. The summed E-state index contributed by atoms with van der Waals surface area (Å²) in [5, 5.41) is 0.617. The van der Waals surface area contributed by atoms with Crippen LogP contribution in [0.2, 0.25) is 0 Å². The summed E-state index contributed by atoms with van der Waals surface area (Å²) >= 11 is 1.49. The van der Waals surface area contributed by atoms with Gasteiger partial charge in [-0.25, -0.2) is 9.37 Å². The summed E-state index contributed by atoms with van der Waals surface area (Å²) in [5.74, 6) is 3.07. The zero-order chi connectivity index (χ0) is 19.5. The lowest BCUT2D eigenvalue weighted by Crippen LogP contribution is -2.00. The molecular formula is C21H19FN2O3S. The van der Waals surface area contributed by atoms with Gasteiger partial charge >= 0.3 is 0 Å². The molecule has 0 fully saturated rings. The Morgan fingerprint density at radius 3 is 2.61 bits per heavy atom. The minimum absolute atomic E-state index is 0.216. The average Bonchev–Trinajstić information content (AvgIpc) is 3.15. The summed E-state index contributed by atoms with van der Waals surface area (Å²) in [6, 6.07) is 13.7. The van der Waals surface area contributed by atoms with Gasteiger partial charge in [0.05, 0.1) is 5.69 Å². The molecule has 28 heavy (non-hydrogen) atoms. The molecule has 2 heterocycles. The second-order valence-electron chi connectivity index (χ2n) is 6.60. The van der Waals surface area contributed by atoms with E-state index in [1.807, 2.05) is 18.2 Å². The van der Waals surface area contributed by atoms with Crippen LogP contribution in [-0.4, -0.2) is 16.8 Å². The van der Waals surface area contributed by atoms with E-state index in [9.17, 15) is 4.39 Å². The molecule has 0 spiro atoms. The third kappa shape index (κ3) is 4.36. The maximum Gasteiger partial charge on any atom is 0.231 e. The third-order valence-corrected chi connectivity index (χ3v) is 5.06. The van der Waals surface area contributed by atoms with E-state index in [0.717, 1.165) is 11.3 Å². The van der Waals surface area contributed by atoms with E-state index in [1.165, 1.54) is 23.9 Å². The van der Waals surface area contributed by atoms with Crippen LogP contribution in [0, 0.1) is 5.82 Å². The number of benzene rings is 2. The summed E-state index contributed by atoms with van der Waals surface area (Å²) < 4.78 is 29.7. The highest BCUT2D eigenvalue weighted by molar-refractivity contribution is 7.98. The summed E-state index contributed by atoms with van der Waals surface area (Å²) in [7, 11) is 0. The lowest BCUT2D eigenvalue weighted by Gasteiger charge is -2.11. The second kappa shape index (κ2) is 8.06. The van der Waals surface area contributed by atoms with Gasteiger partial charge in [-0.2, -0.15) is 4.98 Å². The van der Waals surface area contributed by atoms with Crippen molar-refractivity contribution in [2.24, 2.45) is 0 Å². The van der Waals surface area contributed by atoms with Crippen molar-refractivity contribution in [2.45, 2.75) is 30.7 Å². The minimum Gasteiger partial charge on any atom is -0.454 e. The van der Waals surface area contributed by atoms with Crippen molar-refractivity contribution >= 4 is 11.8 Å². The van der Waals surface area contributed by atoms with E-state index < -0.39 is 0 Å². The number of ether oxygens (including phenoxy) is 3. The Bertz CT molecular complexity index is 980. The molecule has 3 aromatic rings. The Morgan fingerprint density at radius 2 is 1.82 bits per heavy atom. The van der Waals surface area contributed by atoms with Crippen molar-refractivity contribution in [3.05, 3.63) is 65.6 Å². The molecular weight excluding hydrogens is 379 g/mol. The zero-order valence-electron chi connectivity index (χ0n) is 15.5. The van der Waals surface area contributed by atoms with E-state index >= 15 is 0 Å². The molecule has 0 bridgehead atoms. The number of nitrogens with zero attached hydrogens (tertiary/aromatic N) is 2. The maximum atomic E-state index is 13.1. The van der Waals surface area contributed by atoms with Gasteiger partial charge in [-0.3, -0.25) is 0 Å². The molecule has 2 aromatic carbocycles. The minimum atomic E-state index is -0.244. The van der Waals surface area contributed by atoms with Crippen molar-refractivity contribution < 1.29 is 18.6 Å². The average molecular weight is 398 g/mol. The van der Waals surface area contributed by atoms with Crippen molar-refractivity contribution in [3.63, 3.8) is 0 Å². The van der Waals surface area contributed by atoms with Crippen molar-refractivity contribution in [1.82, 2.24) is 9.97 Å². The molecule has 0 saturated heterocycles. The van der Waals surface area contributed by atoms with Crippen LogP contribution in [0.5, 0.6) is 23.1 Å². The van der Waals surface area contributed by atoms with Crippen LogP contribution in [0.3, 0.4) is 0 Å². The lowest BCUT2D eigenvalue weighted by atomic mass is 10.1. The van der Waals surface area contributed by atoms with Gasteiger partial charge in [-0.1, -0.05) is 37.7 Å². The van der Waals surface area contributed by atoms with E-state index in [1.54, 1.807) is 18.2 Å². The molecule has 0 amide bonds. The van der Waals surface area contributed by atoms with Gasteiger partial charge in [0, 0.05) is 17.9 Å². The Kier molecular flexibility index (Phi) is 5.34. The number of rotatable bonds is 6. The molecule has 144 valence electrons. The molecule has 0 atom stereocenters. The molecule has 1 aromatic heterocycles. The molecule has 7 heteroatoms. The molecule has 5 nitrogen and oxygen atoms in total. The van der Waals surface area contributed by atoms with Crippen LogP contribution in [0.4, 0.5) is 4.39 Å². The first kappa shape index (κ1) is 18.6. The van der Waals surface area contributed by atoms with Gasteiger partial charge in [0.15, 0.2) is 16.7 Å². The van der Waals surface area contributed by atoms with Crippen LogP contribution in [0.25, 0.3) is 0 Å². The Hall–Kier alpha value is -2.80. The zero-order valence-corrected chi connectivity index (χ0v) is 16.3. The highest BCUT2D eigenvalue weighted by Crippen LogP contribution is 2.36. The highest BCUT2D eigenvalue weighted by atomic mass is 32.2. The first-order chi connectivity index (χ1) is 13.6. The molecule has 0 aliphatic carbocycles. The predicted octanol–water partition coefficient (Wildman–Crippen LogP) is 5.55. The monoisotopic (exact) mass is 398 g/mol. The van der Waals surface area contributed by atoms with Crippen molar-refractivity contribution in [2.75, 3.05) is 6.79 Å². The maximum absolute atomic E-state index is 13.1. The van der Waals surface area contributed by atoms with Crippen LogP contribution >= 0.6 is 11.8 Å². The topological polar surface area (TPSA) is 53.5 Å². The van der Waals surface area contributed by atoms with Crippen LogP contribution < -0.4 is 14.2 Å². The number of aromatic nitrogens is 2. The number of halogens is 1. The van der Waals surface area contributed by atoms with Gasteiger partial charge in [0.25, 0.3) is 0 Å². The smallest absolute Gasteiger partial charge is 0.231 e. The Morgan fingerprint density at radius 1 is 1.04 bits per heavy atom. The first-order valence-electron chi connectivity index (χ1n) is 8.90. The van der Waals surface area contributed by atoms with E-state index in [0.29, 0.717) is 34.0 Å². The molecule has 0 N–H and O–H groups in total. The molecule has 0 radical (unpaired) electrons. The molecule has 4 rings (SSSR count). The summed E-state index contributed by atoms with van der Waals surface area (Å²) in [6.45, 7) is 4.36. The highest BCUT2D eigenvalue weighted by Gasteiger charge is 2.15. The number of hydrogen-bond donors (Lipinski definition) is 0. The second-order valence-corrected chi connectivity index (χ2v) is 7.54. The first-order valence-corrected chi connectivity index (χ1v) is 9.89. The quantitative estimate of drug-likeness (QED) is 0.401. The van der Waals surface area contributed by atoms with E-state index in [-0.39, 0.29) is 18.5 Å². The summed E-state index contributed by atoms with van der Waals surface area (Å²) in [5.41, 5.74) is 1.90. The fourth-order valence-electron chi connectivity index (χ4n) is 2.62. The summed E-state index contributed by atoms with van der Waals surface area (Å²) in [4.78, 5) is 9.14. The van der Waals surface area contributed by atoms with Gasteiger partial charge < -0.3 is 14.2 Å². The standard InChI is InChI=1S/C21H19FN2O3S/c1-13(2)17-10-20(27-16-7-8-18-19(9-16)26-12-25-18)24-21(23-17)28-11-14-3-5-15(22)6-4-14/h3-10,13H,11-12H2,1-2H3. The van der Waals surface area contributed by atoms with E-state index in [4.69, 9.17) is 14.2 Å². The molecule has 0 saturated carbocycles. The van der Waals surface area contributed by atoms with Crippen LogP contribution in [0.1, 0.15) is 31.0 Å². The lowest BCUT2D eigenvalue weighted by molar-refractivity contribution is 0.174. The fraction of sp³-hybridized carbons (Fsp3) is 0.238. The third-order valence-electron chi connectivity index (χ3n) is 4.14. The summed E-state index contributed by atoms with van der Waals surface area (Å²) in [6.07, 6.45) is 0. The van der Waals surface area contributed by atoms with Crippen LogP contribution in [0.15, 0.2) is 53.7 Å². The van der Waals surface area contributed by atoms with Crippen LogP contribution in [-0.2, 0) is 5.75 Å². The largest absolute Gasteiger partial charge is 0.454 e. The molecule has 1 aliphatic heterocycles. The van der Waals surface area contributed by atoms with Gasteiger partial charge in [0.1, 0.15) is 11.6 Å². The predicted molar refractivity (Wildman–Crippen MR) is 105 cm³/mol. The Balaban J connectivity index is 1.54. The molecule has 0 unspecified atom stereocenters. The fourth-order valence-corrected chi connectivity index (χ4v) is 3.44.